The number of halogens is 1. The minimum absolute atomic E-state index is 0.413. The normalized spacial score (nSPS) is 9.50. The summed E-state index contributed by atoms with van der Waals surface area (Å²) in [7, 11) is 0. The number of anilines is 2. The fourth-order valence-corrected chi connectivity index (χ4v) is 1.79. The van der Waals surface area contributed by atoms with Crippen LogP contribution in [0.4, 0.5) is 11.5 Å². The molecule has 1 N–H and O–H groups in total. The van der Waals surface area contributed by atoms with Crippen molar-refractivity contribution in [2.24, 2.45) is 0 Å². The molecule has 4 heteroatoms. The molecule has 0 amide bonds. The highest BCUT2D eigenvalue weighted by molar-refractivity contribution is 14.1. The number of para-hydroxylation sites is 1. The molecule has 2 aromatic rings. The van der Waals surface area contributed by atoms with Crippen molar-refractivity contribution < 1.29 is 0 Å². The topological polar surface area (TPSA) is 48.7 Å². The lowest BCUT2D eigenvalue weighted by Crippen LogP contribution is -1.96. The molecular formula is C12H8IN3. The van der Waals surface area contributed by atoms with E-state index >= 15 is 0 Å². The highest BCUT2D eigenvalue weighted by Crippen LogP contribution is 2.20. The number of nitrogens with zero attached hydrogens (tertiary/aromatic N) is 2. The molecule has 2 rings (SSSR count). The Morgan fingerprint density at radius 3 is 2.69 bits per heavy atom. The number of hydrogen-bond acceptors (Lipinski definition) is 3. The zero-order valence-electron chi connectivity index (χ0n) is 8.31. The van der Waals surface area contributed by atoms with Crippen LogP contribution in [-0.4, -0.2) is 4.98 Å². The van der Waals surface area contributed by atoms with Gasteiger partial charge in [-0.2, -0.15) is 5.26 Å². The van der Waals surface area contributed by atoms with Crippen LogP contribution in [0.2, 0.25) is 0 Å². The summed E-state index contributed by atoms with van der Waals surface area (Å²) in [5, 5.41) is 11.9. The van der Waals surface area contributed by atoms with Crippen molar-refractivity contribution in [3.05, 3.63) is 51.7 Å². The Morgan fingerprint density at radius 2 is 1.94 bits per heavy atom. The third-order valence-corrected chi connectivity index (χ3v) is 2.94. The third kappa shape index (κ3) is 2.49. The Kier molecular flexibility index (Phi) is 3.37. The van der Waals surface area contributed by atoms with Crippen LogP contribution < -0.4 is 5.32 Å². The third-order valence-electron chi connectivity index (χ3n) is 2.00. The molecule has 0 spiro atoms. The van der Waals surface area contributed by atoms with Gasteiger partial charge in [0.2, 0.25) is 0 Å². The van der Waals surface area contributed by atoms with E-state index in [-0.39, 0.29) is 0 Å². The van der Waals surface area contributed by atoms with E-state index in [0.717, 1.165) is 9.26 Å². The Labute approximate surface area is 107 Å². The van der Waals surface area contributed by atoms with Crippen LogP contribution in [0.1, 0.15) is 5.69 Å². The van der Waals surface area contributed by atoms with Gasteiger partial charge < -0.3 is 5.32 Å². The molecule has 0 unspecified atom stereocenters. The molecule has 1 aromatic carbocycles. The largest absolute Gasteiger partial charge is 0.339 e. The van der Waals surface area contributed by atoms with Gasteiger partial charge in [0, 0.05) is 3.57 Å². The highest BCUT2D eigenvalue weighted by atomic mass is 127. The summed E-state index contributed by atoms with van der Waals surface area (Å²) in [6, 6.07) is 15.3. The molecule has 0 atom stereocenters. The molecule has 0 saturated carbocycles. The fourth-order valence-electron chi connectivity index (χ4n) is 1.27. The fraction of sp³-hybridized carbons (Fsp3) is 0. The molecule has 16 heavy (non-hydrogen) atoms. The second-order valence-corrected chi connectivity index (χ2v) is 4.29. The quantitative estimate of drug-likeness (QED) is 0.864. The standard InChI is InChI=1S/C12H8IN3/c13-10-5-1-2-6-11(10)16-12-7-3-4-9(8-14)15-12/h1-7H,(H,15,16). The number of benzene rings is 1. The van der Waals surface area contributed by atoms with Crippen LogP contribution in [0.3, 0.4) is 0 Å². The predicted octanol–water partition coefficient (Wildman–Crippen LogP) is 3.30. The van der Waals surface area contributed by atoms with Crippen molar-refractivity contribution >= 4 is 34.1 Å². The molecule has 0 bridgehead atoms. The summed E-state index contributed by atoms with van der Waals surface area (Å²) in [4.78, 5) is 4.15. The maximum Gasteiger partial charge on any atom is 0.142 e. The van der Waals surface area contributed by atoms with Crippen molar-refractivity contribution in [3.63, 3.8) is 0 Å². The average molecular weight is 321 g/mol. The first-order valence-electron chi connectivity index (χ1n) is 4.68. The van der Waals surface area contributed by atoms with E-state index in [1.54, 1.807) is 6.07 Å². The van der Waals surface area contributed by atoms with E-state index < -0.39 is 0 Å². The van der Waals surface area contributed by atoms with Crippen molar-refractivity contribution in [3.8, 4) is 6.07 Å². The molecule has 0 aliphatic heterocycles. The van der Waals surface area contributed by atoms with Crippen molar-refractivity contribution in [1.29, 1.82) is 5.26 Å². The summed E-state index contributed by atoms with van der Waals surface area (Å²) < 4.78 is 1.12. The number of hydrogen-bond donors (Lipinski definition) is 1. The molecule has 0 saturated heterocycles. The monoisotopic (exact) mass is 321 g/mol. The number of nitrogens with one attached hydrogen (secondary N) is 1. The van der Waals surface area contributed by atoms with Gasteiger partial charge in [-0.15, -0.1) is 0 Å². The minimum Gasteiger partial charge on any atom is -0.339 e. The van der Waals surface area contributed by atoms with Crippen LogP contribution in [0.15, 0.2) is 42.5 Å². The molecule has 78 valence electrons. The molecule has 0 radical (unpaired) electrons. The Hall–Kier alpha value is -1.61. The van der Waals surface area contributed by atoms with E-state index in [1.807, 2.05) is 42.5 Å². The molecule has 1 aromatic heterocycles. The first kappa shape index (κ1) is 10.9. The highest BCUT2D eigenvalue weighted by Gasteiger charge is 2.00. The first-order valence-corrected chi connectivity index (χ1v) is 5.76. The smallest absolute Gasteiger partial charge is 0.142 e. The van der Waals surface area contributed by atoms with E-state index in [0.29, 0.717) is 11.5 Å². The van der Waals surface area contributed by atoms with Crippen LogP contribution in [0.25, 0.3) is 0 Å². The first-order chi connectivity index (χ1) is 7.79. The van der Waals surface area contributed by atoms with Gasteiger partial charge in [0.15, 0.2) is 0 Å². The zero-order chi connectivity index (χ0) is 11.4. The number of pyridine rings is 1. The predicted molar refractivity (Wildman–Crippen MR) is 71.4 cm³/mol. The van der Waals surface area contributed by atoms with Gasteiger partial charge >= 0.3 is 0 Å². The number of rotatable bonds is 2. The van der Waals surface area contributed by atoms with Crippen LogP contribution >= 0.6 is 22.6 Å². The minimum atomic E-state index is 0.413. The van der Waals surface area contributed by atoms with Gasteiger partial charge in [0.05, 0.1) is 5.69 Å². The number of aromatic nitrogens is 1. The van der Waals surface area contributed by atoms with Gasteiger partial charge in [-0.05, 0) is 46.9 Å². The Bertz CT molecular complexity index is 546. The molecule has 1 heterocycles. The Morgan fingerprint density at radius 1 is 1.12 bits per heavy atom. The molecule has 3 nitrogen and oxygen atoms in total. The van der Waals surface area contributed by atoms with E-state index in [9.17, 15) is 0 Å². The van der Waals surface area contributed by atoms with Crippen LogP contribution in [-0.2, 0) is 0 Å². The second kappa shape index (κ2) is 4.94. The molecule has 0 fully saturated rings. The lowest BCUT2D eigenvalue weighted by Gasteiger charge is -2.07. The van der Waals surface area contributed by atoms with Crippen molar-refractivity contribution in [2.45, 2.75) is 0 Å². The lowest BCUT2D eigenvalue weighted by atomic mass is 10.3. The Balaban J connectivity index is 2.28. The summed E-state index contributed by atoms with van der Waals surface area (Å²) in [6.07, 6.45) is 0. The zero-order valence-corrected chi connectivity index (χ0v) is 10.5. The van der Waals surface area contributed by atoms with Crippen LogP contribution in [0.5, 0.6) is 0 Å². The lowest BCUT2D eigenvalue weighted by molar-refractivity contribution is 1.25. The maximum absolute atomic E-state index is 8.74. The summed E-state index contributed by atoms with van der Waals surface area (Å²) >= 11 is 2.25. The van der Waals surface area contributed by atoms with Gasteiger partial charge in [-0.25, -0.2) is 4.98 Å². The summed E-state index contributed by atoms with van der Waals surface area (Å²) in [6.45, 7) is 0. The molecular weight excluding hydrogens is 313 g/mol. The SMILES string of the molecule is N#Cc1cccc(Nc2ccccc2I)n1. The van der Waals surface area contributed by atoms with E-state index in [2.05, 4.69) is 32.9 Å². The van der Waals surface area contributed by atoms with E-state index in [4.69, 9.17) is 5.26 Å². The van der Waals surface area contributed by atoms with Gasteiger partial charge in [0.1, 0.15) is 17.6 Å². The van der Waals surface area contributed by atoms with Crippen molar-refractivity contribution in [2.75, 3.05) is 5.32 Å². The molecule has 0 aliphatic rings. The van der Waals surface area contributed by atoms with Gasteiger partial charge in [-0.3, -0.25) is 0 Å². The summed E-state index contributed by atoms with van der Waals surface area (Å²) in [5.41, 5.74) is 1.40. The maximum atomic E-state index is 8.74. The van der Waals surface area contributed by atoms with Crippen LogP contribution in [0, 0.1) is 14.9 Å². The van der Waals surface area contributed by atoms with Crippen molar-refractivity contribution in [1.82, 2.24) is 4.98 Å². The second-order valence-electron chi connectivity index (χ2n) is 3.12. The van der Waals surface area contributed by atoms with Gasteiger partial charge in [0.25, 0.3) is 0 Å². The average Bonchev–Trinajstić information content (AvgIpc) is 2.32. The summed E-state index contributed by atoms with van der Waals surface area (Å²) in [5.74, 6) is 0.683. The van der Waals surface area contributed by atoms with E-state index in [1.165, 1.54) is 0 Å². The number of nitriles is 1. The van der Waals surface area contributed by atoms with Gasteiger partial charge in [-0.1, -0.05) is 18.2 Å². The molecule has 0 aliphatic carbocycles.